The molecule has 0 aromatic heterocycles. The summed E-state index contributed by atoms with van der Waals surface area (Å²) in [7, 11) is 0. The van der Waals surface area contributed by atoms with Gasteiger partial charge in [0.15, 0.2) is 0 Å². The lowest BCUT2D eigenvalue weighted by Crippen LogP contribution is -2.37. The Kier molecular flexibility index (Phi) is 3.45. The molecule has 2 nitrogen and oxygen atoms in total. The zero-order valence-electron chi connectivity index (χ0n) is 9.52. The summed E-state index contributed by atoms with van der Waals surface area (Å²) in [6.07, 6.45) is 7.03. The first-order valence-electron chi connectivity index (χ1n) is 6.28. The van der Waals surface area contributed by atoms with Crippen molar-refractivity contribution in [1.82, 2.24) is 10.2 Å². The van der Waals surface area contributed by atoms with Gasteiger partial charge in [0, 0.05) is 6.54 Å². The third kappa shape index (κ3) is 2.71. The van der Waals surface area contributed by atoms with Gasteiger partial charge in [-0.1, -0.05) is 6.92 Å². The second-order valence-electron chi connectivity index (χ2n) is 5.09. The Morgan fingerprint density at radius 3 is 2.29 bits per heavy atom. The maximum Gasteiger partial charge on any atom is 0.00379 e. The van der Waals surface area contributed by atoms with Gasteiger partial charge in [-0.25, -0.2) is 0 Å². The minimum atomic E-state index is 0.743. The van der Waals surface area contributed by atoms with Crippen LogP contribution >= 0.6 is 0 Å². The van der Waals surface area contributed by atoms with Gasteiger partial charge in [0.1, 0.15) is 0 Å². The van der Waals surface area contributed by atoms with E-state index in [0.29, 0.717) is 0 Å². The summed E-state index contributed by atoms with van der Waals surface area (Å²) in [6.45, 7) is 8.80. The zero-order chi connectivity index (χ0) is 9.86. The molecule has 1 saturated heterocycles. The van der Waals surface area contributed by atoms with Gasteiger partial charge < -0.3 is 10.2 Å². The van der Waals surface area contributed by atoms with E-state index >= 15 is 0 Å². The number of nitrogens with one attached hydrogen (secondary N) is 1. The zero-order valence-corrected chi connectivity index (χ0v) is 9.52. The molecule has 1 aliphatic heterocycles. The molecule has 2 rings (SSSR count). The van der Waals surface area contributed by atoms with Gasteiger partial charge >= 0.3 is 0 Å². The van der Waals surface area contributed by atoms with E-state index < -0.39 is 0 Å². The van der Waals surface area contributed by atoms with Crippen LogP contribution in [-0.4, -0.2) is 37.6 Å². The Hall–Kier alpha value is -0.0800. The normalized spacial score (nSPS) is 28.1. The first kappa shape index (κ1) is 10.4. The molecule has 1 N–H and O–H groups in total. The fourth-order valence-electron chi connectivity index (χ4n) is 2.52. The molecule has 2 heteroatoms. The van der Waals surface area contributed by atoms with Crippen molar-refractivity contribution in [2.75, 3.05) is 32.7 Å². The van der Waals surface area contributed by atoms with Crippen molar-refractivity contribution in [1.29, 1.82) is 0 Å². The lowest BCUT2D eigenvalue weighted by Gasteiger charge is -2.28. The fourth-order valence-corrected chi connectivity index (χ4v) is 2.52. The molecule has 0 spiro atoms. The van der Waals surface area contributed by atoms with E-state index in [1.807, 2.05) is 0 Å². The van der Waals surface area contributed by atoms with Crippen LogP contribution in [0.4, 0.5) is 0 Å². The van der Waals surface area contributed by atoms with Crippen molar-refractivity contribution in [3.8, 4) is 0 Å². The summed E-state index contributed by atoms with van der Waals surface area (Å²) >= 11 is 0. The predicted molar refractivity (Wildman–Crippen MR) is 60.5 cm³/mol. The highest BCUT2D eigenvalue weighted by atomic mass is 15.1. The lowest BCUT2D eigenvalue weighted by molar-refractivity contribution is 0.202. The summed E-state index contributed by atoms with van der Waals surface area (Å²) < 4.78 is 0. The maximum atomic E-state index is 3.47. The highest BCUT2D eigenvalue weighted by Crippen LogP contribution is 2.49. The van der Waals surface area contributed by atoms with Crippen LogP contribution in [0.3, 0.4) is 0 Å². The summed E-state index contributed by atoms with van der Waals surface area (Å²) in [5.74, 6) is 0. The summed E-state index contributed by atoms with van der Waals surface area (Å²) in [6, 6.07) is 0. The average molecular weight is 196 g/mol. The quantitative estimate of drug-likeness (QED) is 0.741. The molecule has 1 saturated carbocycles. The SMILES string of the molecule is CCC1(CN2CCCNCCC2)CC1. The van der Waals surface area contributed by atoms with Crippen LogP contribution in [0, 0.1) is 5.41 Å². The predicted octanol–water partition coefficient (Wildman–Crippen LogP) is 1.86. The monoisotopic (exact) mass is 196 g/mol. The van der Waals surface area contributed by atoms with Crippen molar-refractivity contribution < 1.29 is 0 Å². The van der Waals surface area contributed by atoms with Crippen LogP contribution in [-0.2, 0) is 0 Å². The number of hydrogen-bond acceptors (Lipinski definition) is 2. The van der Waals surface area contributed by atoms with Gasteiger partial charge in [0.2, 0.25) is 0 Å². The lowest BCUT2D eigenvalue weighted by atomic mass is 10.0. The van der Waals surface area contributed by atoms with Gasteiger partial charge in [0.25, 0.3) is 0 Å². The molecular formula is C12H24N2. The number of hydrogen-bond donors (Lipinski definition) is 1. The van der Waals surface area contributed by atoms with E-state index in [4.69, 9.17) is 0 Å². The van der Waals surface area contributed by atoms with Gasteiger partial charge in [-0.3, -0.25) is 0 Å². The van der Waals surface area contributed by atoms with Crippen molar-refractivity contribution in [2.24, 2.45) is 5.41 Å². The average Bonchev–Trinajstić information content (AvgIpc) is 2.91. The van der Waals surface area contributed by atoms with E-state index in [2.05, 4.69) is 17.1 Å². The first-order valence-corrected chi connectivity index (χ1v) is 6.28. The Bertz CT molecular complexity index is 167. The second-order valence-corrected chi connectivity index (χ2v) is 5.09. The van der Waals surface area contributed by atoms with E-state index in [1.54, 1.807) is 0 Å². The van der Waals surface area contributed by atoms with Crippen LogP contribution in [0.15, 0.2) is 0 Å². The molecule has 0 bridgehead atoms. The Labute approximate surface area is 88.1 Å². The molecule has 82 valence electrons. The molecular weight excluding hydrogens is 172 g/mol. The largest absolute Gasteiger partial charge is 0.317 e. The highest BCUT2D eigenvalue weighted by molar-refractivity contribution is 4.94. The highest BCUT2D eigenvalue weighted by Gasteiger charge is 2.41. The van der Waals surface area contributed by atoms with Crippen LogP contribution in [0.1, 0.15) is 39.0 Å². The minimum Gasteiger partial charge on any atom is -0.317 e. The Morgan fingerprint density at radius 2 is 1.79 bits per heavy atom. The summed E-state index contributed by atoms with van der Waals surface area (Å²) in [5.41, 5.74) is 0.743. The van der Waals surface area contributed by atoms with Crippen LogP contribution < -0.4 is 5.32 Å². The number of rotatable bonds is 3. The Morgan fingerprint density at radius 1 is 1.14 bits per heavy atom. The van der Waals surface area contributed by atoms with Crippen LogP contribution in [0.25, 0.3) is 0 Å². The third-order valence-electron chi connectivity index (χ3n) is 3.92. The van der Waals surface area contributed by atoms with Crippen LogP contribution in [0.2, 0.25) is 0 Å². The minimum absolute atomic E-state index is 0.743. The molecule has 14 heavy (non-hydrogen) atoms. The second kappa shape index (κ2) is 4.63. The smallest absolute Gasteiger partial charge is 0.00379 e. The van der Waals surface area contributed by atoms with Gasteiger partial charge in [-0.2, -0.15) is 0 Å². The first-order chi connectivity index (χ1) is 6.85. The van der Waals surface area contributed by atoms with Crippen LogP contribution in [0.5, 0.6) is 0 Å². The fraction of sp³-hybridized carbons (Fsp3) is 1.00. The van der Waals surface area contributed by atoms with Gasteiger partial charge in [-0.15, -0.1) is 0 Å². The molecule has 0 aromatic carbocycles. The van der Waals surface area contributed by atoms with Crippen molar-refractivity contribution in [3.63, 3.8) is 0 Å². The standard InChI is InChI=1S/C12H24N2/c1-2-12(5-6-12)11-14-9-3-7-13-8-4-10-14/h13H,2-11H2,1H3. The van der Waals surface area contributed by atoms with Crippen molar-refractivity contribution in [2.45, 2.75) is 39.0 Å². The van der Waals surface area contributed by atoms with Crippen molar-refractivity contribution >= 4 is 0 Å². The van der Waals surface area contributed by atoms with E-state index in [9.17, 15) is 0 Å². The van der Waals surface area contributed by atoms with E-state index in [-0.39, 0.29) is 0 Å². The molecule has 1 heterocycles. The molecule has 0 aromatic rings. The summed E-state index contributed by atoms with van der Waals surface area (Å²) in [4.78, 5) is 2.71. The van der Waals surface area contributed by atoms with Gasteiger partial charge in [-0.05, 0) is 63.7 Å². The van der Waals surface area contributed by atoms with E-state index in [0.717, 1.165) is 5.41 Å². The van der Waals surface area contributed by atoms with Crippen molar-refractivity contribution in [3.05, 3.63) is 0 Å². The molecule has 2 aliphatic rings. The third-order valence-corrected chi connectivity index (χ3v) is 3.92. The molecule has 2 fully saturated rings. The molecule has 0 atom stereocenters. The number of nitrogens with zero attached hydrogens (tertiary/aromatic N) is 1. The van der Waals surface area contributed by atoms with E-state index in [1.165, 1.54) is 64.8 Å². The molecule has 0 unspecified atom stereocenters. The molecule has 0 amide bonds. The summed E-state index contributed by atoms with van der Waals surface area (Å²) in [5, 5.41) is 3.47. The topological polar surface area (TPSA) is 15.3 Å². The molecule has 0 radical (unpaired) electrons. The Balaban J connectivity index is 1.77. The molecule has 1 aliphatic carbocycles. The van der Waals surface area contributed by atoms with Gasteiger partial charge in [0.05, 0.1) is 0 Å². The maximum absolute atomic E-state index is 3.47.